The van der Waals surface area contributed by atoms with Gasteiger partial charge in [0.05, 0.1) is 12.7 Å². The van der Waals surface area contributed by atoms with Crippen molar-refractivity contribution in [3.05, 3.63) is 70.5 Å². The molecule has 5 rings (SSSR count). The first-order valence-corrected chi connectivity index (χ1v) is 12.2. The van der Waals surface area contributed by atoms with Gasteiger partial charge in [0.25, 0.3) is 5.91 Å². The number of amides is 1. The van der Waals surface area contributed by atoms with E-state index in [1.165, 1.54) is 12.7 Å². The minimum absolute atomic E-state index is 0. The van der Waals surface area contributed by atoms with Gasteiger partial charge in [-0.2, -0.15) is 0 Å². The summed E-state index contributed by atoms with van der Waals surface area (Å²) in [6.45, 7) is 1.78. The van der Waals surface area contributed by atoms with E-state index >= 15 is 0 Å². The third kappa shape index (κ3) is 5.34. The predicted molar refractivity (Wildman–Crippen MR) is 147 cm³/mol. The van der Waals surface area contributed by atoms with Crippen LogP contribution in [0.15, 0.2) is 48.5 Å². The Hall–Kier alpha value is -2.65. The molecule has 0 atom stereocenters. The lowest BCUT2D eigenvalue weighted by Gasteiger charge is -2.44. The van der Waals surface area contributed by atoms with Crippen LogP contribution in [0.4, 0.5) is 0 Å². The second-order valence-corrected chi connectivity index (χ2v) is 9.73. The van der Waals surface area contributed by atoms with E-state index in [4.69, 9.17) is 22.1 Å². The molecule has 0 saturated heterocycles. The average Bonchev–Trinajstić information content (AvgIpc) is 3.34. The lowest BCUT2D eigenvalue weighted by atomic mass is 9.68. The van der Waals surface area contributed by atoms with Crippen molar-refractivity contribution in [3.63, 3.8) is 0 Å². The third-order valence-electron chi connectivity index (χ3n) is 7.51. The van der Waals surface area contributed by atoms with Crippen LogP contribution in [0.2, 0.25) is 5.02 Å². The number of halogens is 3. The summed E-state index contributed by atoms with van der Waals surface area (Å²) >= 11 is 6.25. The van der Waals surface area contributed by atoms with Gasteiger partial charge in [0.1, 0.15) is 0 Å². The number of hydrogen-bond donors (Lipinski definition) is 1. The maximum Gasteiger partial charge on any atom is 0.337 e. The molecule has 1 fully saturated rings. The molecule has 1 saturated carbocycles. The van der Waals surface area contributed by atoms with E-state index in [-0.39, 0.29) is 42.2 Å². The maximum absolute atomic E-state index is 13.4. The lowest BCUT2D eigenvalue weighted by Crippen LogP contribution is -2.50. The lowest BCUT2D eigenvalue weighted by molar-refractivity contribution is 0.0523. The zero-order valence-electron chi connectivity index (χ0n) is 20.4. The number of nitrogens with two attached hydrogens (primary N) is 1. The molecule has 2 N–H and O–H groups in total. The second-order valence-electron chi connectivity index (χ2n) is 9.29. The number of aromatic nitrogens is 3. The summed E-state index contributed by atoms with van der Waals surface area (Å²) in [7, 11) is 1.35. The molecule has 0 bridgehead atoms. The van der Waals surface area contributed by atoms with E-state index in [9.17, 15) is 9.59 Å². The van der Waals surface area contributed by atoms with Gasteiger partial charge in [-0.1, -0.05) is 35.9 Å². The molecule has 1 aliphatic heterocycles. The number of carbonyl (C=O) groups is 2. The number of nitrogens with zero attached hydrogens (tertiary/aromatic N) is 4. The molecule has 3 aromatic rings. The van der Waals surface area contributed by atoms with E-state index in [0.29, 0.717) is 36.8 Å². The van der Waals surface area contributed by atoms with Gasteiger partial charge in [0.15, 0.2) is 5.82 Å². The number of benzene rings is 2. The smallest absolute Gasteiger partial charge is 0.337 e. The van der Waals surface area contributed by atoms with Crippen LogP contribution < -0.4 is 5.73 Å². The van der Waals surface area contributed by atoms with Gasteiger partial charge in [-0.05, 0) is 55.5 Å². The molecule has 0 spiro atoms. The highest BCUT2D eigenvalue weighted by Gasteiger charge is 2.40. The quantitative estimate of drug-likeness (QED) is 0.456. The summed E-state index contributed by atoms with van der Waals surface area (Å²) in [5.74, 6) is 0.492. The molecule has 0 unspecified atom stereocenters. The van der Waals surface area contributed by atoms with Crippen LogP contribution in [-0.2, 0) is 16.7 Å². The first-order valence-electron chi connectivity index (χ1n) is 11.8. The molecule has 2 heterocycles. The van der Waals surface area contributed by atoms with Gasteiger partial charge in [-0.3, -0.25) is 4.79 Å². The van der Waals surface area contributed by atoms with Gasteiger partial charge in [-0.15, -0.1) is 35.0 Å². The van der Waals surface area contributed by atoms with E-state index in [1.54, 1.807) is 24.3 Å². The molecular formula is C26H30Cl3N5O3. The Labute approximate surface area is 233 Å². The molecule has 2 aromatic carbocycles. The van der Waals surface area contributed by atoms with E-state index < -0.39 is 5.97 Å². The highest BCUT2D eigenvalue weighted by atomic mass is 35.5. The highest BCUT2D eigenvalue weighted by Crippen LogP contribution is 2.41. The molecular weight excluding hydrogens is 537 g/mol. The average molecular weight is 567 g/mol. The SMILES string of the molecule is COC(=O)c1ccc(-c2nnc3n2CCN([C@H]2CC[C@](CN)(c4cccc(Cl)c4)CC2)C3=O)cc1.Cl.Cl. The van der Waals surface area contributed by atoms with Gasteiger partial charge in [-0.25, -0.2) is 4.79 Å². The number of hydrogen-bond acceptors (Lipinski definition) is 6. The Morgan fingerprint density at radius 3 is 2.38 bits per heavy atom. The van der Waals surface area contributed by atoms with Crippen LogP contribution in [0.5, 0.6) is 0 Å². The molecule has 2 aliphatic rings. The summed E-state index contributed by atoms with van der Waals surface area (Å²) in [6, 6.07) is 15.1. The molecule has 37 heavy (non-hydrogen) atoms. The van der Waals surface area contributed by atoms with Crippen molar-refractivity contribution in [2.45, 2.75) is 43.7 Å². The second kappa shape index (κ2) is 11.8. The molecule has 198 valence electrons. The minimum Gasteiger partial charge on any atom is -0.465 e. The van der Waals surface area contributed by atoms with Crippen LogP contribution in [0.3, 0.4) is 0 Å². The number of esters is 1. The predicted octanol–water partition coefficient (Wildman–Crippen LogP) is 4.52. The fourth-order valence-corrected chi connectivity index (χ4v) is 5.63. The largest absolute Gasteiger partial charge is 0.465 e. The van der Waals surface area contributed by atoms with Gasteiger partial charge >= 0.3 is 5.97 Å². The summed E-state index contributed by atoms with van der Waals surface area (Å²) in [6.07, 6.45) is 3.57. The van der Waals surface area contributed by atoms with Crippen LogP contribution in [0.25, 0.3) is 11.4 Å². The van der Waals surface area contributed by atoms with Crippen molar-refractivity contribution in [1.29, 1.82) is 0 Å². The molecule has 1 aliphatic carbocycles. The van der Waals surface area contributed by atoms with Crippen LogP contribution in [-0.4, -0.2) is 57.8 Å². The van der Waals surface area contributed by atoms with Crippen molar-refractivity contribution < 1.29 is 14.3 Å². The van der Waals surface area contributed by atoms with Crippen molar-refractivity contribution in [1.82, 2.24) is 19.7 Å². The fraction of sp³-hybridized carbons (Fsp3) is 0.385. The Kier molecular flexibility index (Phi) is 9.23. The topological polar surface area (TPSA) is 103 Å². The zero-order chi connectivity index (χ0) is 24.6. The summed E-state index contributed by atoms with van der Waals surface area (Å²) in [5.41, 5.74) is 8.58. The number of fused-ring (bicyclic) bond motifs is 1. The standard InChI is InChI=1S/C26H28ClN5O3.2ClH/c1-35-25(34)18-7-5-17(6-8-18)22-29-30-23-24(33)31(13-14-32(22)23)21-9-11-26(16-28,12-10-21)19-3-2-4-20(27)15-19;;/h2-8,15,21H,9-14,16,28H2,1H3;2*1H/t21-,26-;;. The molecule has 11 heteroatoms. The zero-order valence-corrected chi connectivity index (χ0v) is 22.8. The summed E-state index contributed by atoms with van der Waals surface area (Å²) in [4.78, 5) is 27.0. The van der Waals surface area contributed by atoms with Gasteiger partial charge < -0.3 is 19.9 Å². The third-order valence-corrected chi connectivity index (χ3v) is 7.75. The molecule has 1 amide bonds. The van der Waals surface area contributed by atoms with Crippen molar-refractivity contribution in [3.8, 4) is 11.4 Å². The highest BCUT2D eigenvalue weighted by molar-refractivity contribution is 6.30. The van der Waals surface area contributed by atoms with E-state index in [0.717, 1.165) is 36.3 Å². The van der Waals surface area contributed by atoms with Crippen molar-refractivity contribution in [2.75, 3.05) is 20.2 Å². The van der Waals surface area contributed by atoms with Gasteiger partial charge in [0, 0.05) is 41.7 Å². The Balaban J connectivity index is 0.00000190. The van der Waals surface area contributed by atoms with Crippen molar-refractivity contribution >= 4 is 48.3 Å². The first-order chi connectivity index (χ1) is 17.0. The van der Waals surface area contributed by atoms with Crippen LogP contribution >= 0.6 is 36.4 Å². The summed E-state index contributed by atoms with van der Waals surface area (Å²) in [5, 5.41) is 9.25. The van der Waals surface area contributed by atoms with Crippen molar-refractivity contribution in [2.24, 2.45) is 5.73 Å². The number of carbonyl (C=O) groups excluding carboxylic acids is 2. The number of rotatable bonds is 5. The summed E-state index contributed by atoms with van der Waals surface area (Å²) < 4.78 is 6.62. The molecule has 1 aromatic heterocycles. The fourth-order valence-electron chi connectivity index (χ4n) is 5.44. The Morgan fingerprint density at radius 2 is 1.76 bits per heavy atom. The maximum atomic E-state index is 13.4. The van der Waals surface area contributed by atoms with Gasteiger partial charge in [0.2, 0.25) is 5.82 Å². The molecule has 0 radical (unpaired) electrons. The molecule has 8 nitrogen and oxygen atoms in total. The monoisotopic (exact) mass is 565 g/mol. The minimum atomic E-state index is -0.396. The Morgan fingerprint density at radius 1 is 1.08 bits per heavy atom. The van der Waals surface area contributed by atoms with E-state index in [1.807, 2.05) is 27.7 Å². The van der Waals surface area contributed by atoms with E-state index in [2.05, 4.69) is 16.3 Å². The normalized spacial score (nSPS) is 20.9. The van der Waals surface area contributed by atoms with Crippen LogP contribution in [0, 0.1) is 0 Å². The Bertz CT molecular complexity index is 1260. The number of ether oxygens (including phenoxy) is 1. The number of methoxy groups -OCH3 is 1. The first kappa shape index (κ1) is 28.9. The van der Waals surface area contributed by atoms with Crippen LogP contribution in [0.1, 0.15) is 52.2 Å².